The molecule has 0 atom stereocenters. The molecule has 1 aromatic rings. The van der Waals surface area contributed by atoms with E-state index in [1.54, 1.807) is 16.9 Å². The second kappa shape index (κ2) is 4.45. The van der Waals surface area contributed by atoms with Gasteiger partial charge in [-0.05, 0) is 0 Å². The van der Waals surface area contributed by atoms with E-state index in [4.69, 9.17) is 10.3 Å². The minimum Gasteiger partial charge on any atom is -0.362 e. The lowest BCUT2D eigenvalue weighted by Crippen LogP contribution is -2.60. The highest BCUT2D eigenvalue weighted by Crippen LogP contribution is 2.01. The summed E-state index contributed by atoms with van der Waals surface area (Å²) in [5.41, 5.74) is 6.31. The monoisotopic (exact) mass is 195 g/mol. The van der Waals surface area contributed by atoms with Crippen LogP contribution in [-0.4, -0.2) is 18.4 Å². The van der Waals surface area contributed by atoms with E-state index in [1.165, 1.54) is 0 Å². The topological polar surface area (TPSA) is 59.2 Å². The number of nitrogen functional groups attached to an aromatic ring is 1. The van der Waals surface area contributed by atoms with Gasteiger partial charge in [0.25, 0.3) is 5.88 Å². The first-order valence-electron chi connectivity index (χ1n) is 4.31. The van der Waals surface area contributed by atoms with E-state index in [9.17, 15) is 0 Å². The standard InChI is InChI=1S/C9H15N4O/c1-4-6-12(7-5-2)13-8(3)9(10)14-11-13/h4-5H,1-2,6-7,10H2,3H3/q+1. The molecule has 1 aromatic heterocycles. The zero-order chi connectivity index (χ0) is 10.6. The lowest BCUT2D eigenvalue weighted by Gasteiger charge is -2.08. The van der Waals surface area contributed by atoms with Gasteiger partial charge >= 0.3 is 5.69 Å². The number of rotatable bonds is 5. The van der Waals surface area contributed by atoms with Crippen LogP contribution in [-0.2, 0) is 0 Å². The predicted molar refractivity (Wildman–Crippen MR) is 54.2 cm³/mol. The summed E-state index contributed by atoms with van der Waals surface area (Å²) in [7, 11) is 0. The number of nitrogens with zero attached hydrogens (tertiary/aromatic N) is 3. The molecule has 0 aliphatic heterocycles. The van der Waals surface area contributed by atoms with E-state index in [0.29, 0.717) is 19.0 Å². The lowest BCUT2D eigenvalue weighted by molar-refractivity contribution is -0.761. The molecule has 5 heteroatoms. The average molecular weight is 195 g/mol. The van der Waals surface area contributed by atoms with Crippen molar-refractivity contribution in [1.29, 1.82) is 0 Å². The molecule has 0 amide bonds. The Morgan fingerprint density at radius 3 is 2.43 bits per heavy atom. The quantitative estimate of drug-likeness (QED) is 0.537. The SMILES string of the molecule is C=CCN(CC=C)[n+]1noc(N)c1C. The Bertz CT molecular complexity index is 322. The molecular weight excluding hydrogens is 180 g/mol. The molecule has 0 unspecified atom stereocenters. The van der Waals surface area contributed by atoms with E-state index in [2.05, 4.69) is 18.4 Å². The van der Waals surface area contributed by atoms with Gasteiger partial charge in [-0.2, -0.15) is 0 Å². The van der Waals surface area contributed by atoms with Crippen molar-refractivity contribution in [3.05, 3.63) is 31.0 Å². The van der Waals surface area contributed by atoms with Crippen LogP contribution in [0.5, 0.6) is 0 Å². The first-order chi connectivity index (χ1) is 6.70. The van der Waals surface area contributed by atoms with E-state index in [-0.39, 0.29) is 0 Å². The molecule has 2 N–H and O–H groups in total. The summed E-state index contributed by atoms with van der Waals surface area (Å²) in [5, 5.41) is 5.70. The van der Waals surface area contributed by atoms with Crippen LogP contribution in [0.15, 0.2) is 29.8 Å². The molecule has 0 radical (unpaired) electrons. The molecule has 0 saturated carbocycles. The minimum absolute atomic E-state index is 0.322. The average Bonchev–Trinajstić information content (AvgIpc) is 2.48. The normalized spacial score (nSPS) is 9.79. The second-order valence-corrected chi connectivity index (χ2v) is 2.86. The van der Waals surface area contributed by atoms with Gasteiger partial charge in [-0.25, -0.2) is 0 Å². The summed E-state index contributed by atoms with van der Waals surface area (Å²) in [4.78, 5) is 1.61. The third-order valence-corrected chi connectivity index (χ3v) is 1.82. The first-order valence-corrected chi connectivity index (χ1v) is 4.31. The van der Waals surface area contributed by atoms with Crippen molar-refractivity contribution in [1.82, 2.24) is 5.27 Å². The van der Waals surface area contributed by atoms with Crippen LogP contribution < -0.4 is 15.5 Å². The fourth-order valence-electron chi connectivity index (χ4n) is 1.10. The molecular formula is C9H15N4O+. The Morgan fingerprint density at radius 2 is 2.07 bits per heavy atom. The van der Waals surface area contributed by atoms with Gasteiger partial charge in [0.15, 0.2) is 0 Å². The lowest BCUT2D eigenvalue weighted by atomic mass is 10.5. The van der Waals surface area contributed by atoms with Gasteiger partial charge in [0.1, 0.15) is 0 Å². The molecule has 0 saturated heterocycles. The molecule has 14 heavy (non-hydrogen) atoms. The first kappa shape index (κ1) is 10.3. The Balaban J connectivity index is 2.91. The molecule has 5 nitrogen and oxygen atoms in total. The Labute approximate surface area is 83.0 Å². The maximum absolute atomic E-state index is 5.54. The highest BCUT2D eigenvalue weighted by atomic mass is 16.5. The van der Waals surface area contributed by atoms with Crippen molar-refractivity contribution in [2.75, 3.05) is 23.8 Å². The zero-order valence-corrected chi connectivity index (χ0v) is 8.31. The Hall–Kier alpha value is -1.78. The van der Waals surface area contributed by atoms with Crippen LogP contribution in [0.1, 0.15) is 5.69 Å². The summed E-state index contributed by atoms with van der Waals surface area (Å²) in [6.45, 7) is 10.5. The third kappa shape index (κ3) is 1.93. The summed E-state index contributed by atoms with van der Waals surface area (Å²) >= 11 is 0. The van der Waals surface area contributed by atoms with Crippen molar-refractivity contribution in [2.45, 2.75) is 6.92 Å². The number of nitrogens with two attached hydrogens (primary N) is 1. The molecule has 0 spiro atoms. The fourth-order valence-corrected chi connectivity index (χ4v) is 1.10. The highest BCUT2D eigenvalue weighted by molar-refractivity contribution is 5.23. The van der Waals surface area contributed by atoms with E-state index >= 15 is 0 Å². The molecule has 76 valence electrons. The summed E-state index contributed by atoms with van der Waals surface area (Å²) < 4.78 is 4.85. The maximum atomic E-state index is 5.54. The molecule has 0 fully saturated rings. The number of hydrogen-bond acceptors (Lipinski definition) is 4. The van der Waals surface area contributed by atoms with Crippen molar-refractivity contribution >= 4 is 5.88 Å². The smallest absolute Gasteiger partial charge is 0.304 e. The molecule has 0 aromatic carbocycles. The third-order valence-electron chi connectivity index (χ3n) is 1.82. The number of hydrogen-bond donors (Lipinski definition) is 1. The highest BCUT2D eigenvalue weighted by Gasteiger charge is 2.23. The van der Waals surface area contributed by atoms with Gasteiger partial charge in [0.2, 0.25) is 5.27 Å². The van der Waals surface area contributed by atoms with Crippen molar-refractivity contribution in [3.8, 4) is 0 Å². The number of anilines is 1. The van der Waals surface area contributed by atoms with Gasteiger partial charge in [-0.1, -0.05) is 12.2 Å². The molecule has 0 bridgehead atoms. The molecule has 1 rings (SSSR count). The molecule has 1 heterocycles. The minimum atomic E-state index is 0.322. The van der Waals surface area contributed by atoms with Crippen LogP contribution in [0.4, 0.5) is 5.88 Å². The van der Waals surface area contributed by atoms with E-state index in [0.717, 1.165) is 5.69 Å². The van der Waals surface area contributed by atoms with Gasteiger partial charge < -0.3 is 5.73 Å². The van der Waals surface area contributed by atoms with E-state index < -0.39 is 0 Å². The van der Waals surface area contributed by atoms with Gasteiger partial charge in [0.05, 0.1) is 17.9 Å². The second-order valence-electron chi connectivity index (χ2n) is 2.86. The van der Waals surface area contributed by atoms with Crippen LogP contribution in [0.3, 0.4) is 0 Å². The maximum Gasteiger partial charge on any atom is 0.304 e. The summed E-state index contributed by atoms with van der Waals surface area (Å²) in [5.74, 6) is 0.322. The number of aromatic nitrogens is 2. The fraction of sp³-hybridized carbons (Fsp3) is 0.333. The van der Waals surface area contributed by atoms with Crippen LogP contribution in [0.2, 0.25) is 0 Å². The zero-order valence-electron chi connectivity index (χ0n) is 8.31. The van der Waals surface area contributed by atoms with Crippen molar-refractivity contribution < 1.29 is 9.31 Å². The molecule has 0 aliphatic carbocycles. The van der Waals surface area contributed by atoms with E-state index in [1.807, 2.05) is 11.9 Å². The molecule has 0 aliphatic rings. The predicted octanol–water partition coefficient (Wildman–Crippen LogP) is 0.163. The van der Waals surface area contributed by atoms with Crippen LogP contribution in [0, 0.1) is 6.92 Å². The summed E-state index contributed by atoms with van der Waals surface area (Å²) in [6, 6.07) is 0. The van der Waals surface area contributed by atoms with Crippen molar-refractivity contribution in [2.24, 2.45) is 0 Å². The van der Waals surface area contributed by atoms with Gasteiger partial charge in [-0.15, -0.1) is 18.2 Å². The van der Waals surface area contributed by atoms with Gasteiger partial charge in [0, 0.05) is 6.92 Å². The Morgan fingerprint density at radius 1 is 1.50 bits per heavy atom. The van der Waals surface area contributed by atoms with Crippen LogP contribution >= 0.6 is 0 Å². The van der Waals surface area contributed by atoms with Crippen LogP contribution in [0.25, 0.3) is 0 Å². The summed E-state index contributed by atoms with van der Waals surface area (Å²) in [6.07, 6.45) is 3.56. The van der Waals surface area contributed by atoms with Gasteiger partial charge in [-0.3, -0.25) is 4.52 Å². The largest absolute Gasteiger partial charge is 0.362 e. The Kier molecular flexibility index (Phi) is 3.28. The van der Waals surface area contributed by atoms with Crippen molar-refractivity contribution in [3.63, 3.8) is 0 Å².